The van der Waals surface area contributed by atoms with E-state index in [2.05, 4.69) is 10.6 Å². The summed E-state index contributed by atoms with van der Waals surface area (Å²) in [6, 6.07) is 7.82. The van der Waals surface area contributed by atoms with Crippen molar-refractivity contribution in [1.29, 1.82) is 0 Å². The number of aliphatic hydroxyl groups excluding tert-OH is 1. The average Bonchev–Trinajstić information content (AvgIpc) is 2.80. The summed E-state index contributed by atoms with van der Waals surface area (Å²) in [5, 5.41) is 15.4. The number of benzene rings is 1. The number of nitrogens with one attached hydrogen (secondary N) is 2. The van der Waals surface area contributed by atoms with Gasteiger partial charge in [0.05, 0.1) is 13.0 Å². The van der Waals surface area contributed by atoms with Gasteiger partial charge in [0, 0.05) is 25.5 Å². The van der Waals surface area contributed by atoms with Crippen molar-refractivity contribution in [2.75, 3.05) is 20.2 Å². The van der Waals surface area contributed by atoms with Crippen molar-refractivity contribution < 1.29 is 14.3 Å². The second-order valence-corrected chi connectivity index (χ2v) is 4.34. The number of rotatable bonds is 6. The van der Waals surface area contributed by atoms with Gasteiger partial charge < -0.3 is 20.2 Å². The van der Waals surface area contributed by atoms with Gasteiger partial charge in [0.15, 0.2) is 0 Å². The van der Waals surface area contributed by atoms with Crippen LogP contribution in [-0.4, -0.2) is 31.2 Å². The third kappa shape index (κ3) is 3.56. The molecule has 0 atom stereocenters. The van der Waals surface area contributed by atoms with E-state index in [-0.39, 0.29) is 18.9 Å². The van der Waals surface area contributed by atoms with Crippen LogP contribution in [0, 0.1) is 0 Å². The Morgan fingerprint density at radius 3 is 2.95 bits per heavy atom. The molecule has 0 aliphatic heterocycles. The van der Waals surface area contributed by atoms with Gasteiger partial charge >= 0.3 is 0 Å². The number of carbonyl (C=O) groups is 1. The number of hydrogen-bond acceptors (Lipinski definition) is 4. The molecule has 1 heterocycles. The van der Waals surface area contributed by atoms with Gasteiger partial charge in [0.1, 0.15) is 11.3 Å². The molecule has 0 bridgehead atoms. The largest absolute Gasteiger partial charge is 0.461 e. The number of hydrogen-bond donors (Lipinski definition) is 3. The highest BCUT2D eigenvalue weighted by Crippen LogP contribution is 2.21. The van der Waals surface area contributed by atoms with Gasteiger partial charge in [-0.2, -0.15) is 0 Å². The molecule has 1 amide bonds. The Hall–Kier alpha value is -1.85. The van der Waals surface area contributed by atoms with Crippen LogP contribution in [0.4, 0.5) is 0 Å². The first-order chi connectivity index (χ1) is 9.22. The molecular weight excluding hydrogens is 244 g/mol. The maximum Gasteiger partial charge on any atom is 0.227 e. The van der Waals surface area contributed by atoms with E-state index in [1.54, 1.807) is 7.05 Å². The Morgan fingerprint density at radius 2 is 2.21 bits per heavy atom. The molecule has 0 saturated carbocycles. The van der Waals surface area contributed by atoms with Crippen LogP contribution < -0.4 is 10.6 Å². The second-order valence-electron chi connectivity index (χ2n) is 4.34. The Morgan fingerprint density at radius 1 is 1.37 bits per heavy atom. The molecule has 0 aliphatic carbocycles. The predicted octanol–water partition coefficient (Wildman–Crippen LogP) is 0.803. The third-order valence-corrected chi connectivity index (χ3v) is 2.87. The molecule has 1 aromatic heterocycles. The van der Waals surface area contributed by atoms with E-state index in [0.29, 0.717) is 18.8 Å². The summed E-state index contributed by atoms with van der Waals surface area (Å²) in [7, 11) is 1.61. The summed E-state index contributed by atoms with van der Waals surface area (Å²) in [5.74, 6) is 0.596. The van der Waals surface area contributed by atoms with Crippen LogP contribution in [0.1, 0.15) is 11.3 Å². The van der Waals surface area contributed by atoms with Gasteiger partial charge in [0.25, 0.3) is 0 Å². The zero-order valence-electron chi connectivity index (χ0n) is 10.9. The summed E-state index contributed by atoms with van der Waals surface area (Å²) in [5.41, 5.74) is 1.86. The van der Waals surface area contributed by atoms with Crippen LogP contribution >= 0.6 is 0 Å². The van der Waals surface area contributed by atoms with Crippen LogP contribution in [0.2, 0.25) is 0 Å². The van der Waals surface area contributed by atoms with Crippen molar-refractivity contribution in [2.24, 2.45) is 0 Å². The van der Waals surface area contributed by atoms with E-state index < -0.39 is 0 Å². The molecule has 0 aliphatic rings. The van der Waals surface area contributed by atoms with E-state index in [4.69, 9.17) is 9.52 Å². The topological polar surface area (TPSA) is 74.5 Å². The summed E-state index contributed by atoms with van der Waals surface area (Å²) in [6.45, 7) is 1.37. The fourth-order valence-corrected chi connectivity index (χ4v) is 1.89. The van der Waals surface area contributed by atoms with E-state index in [9.17, 15) is 4.79 Å². The molecule has 0 spiro atoms. The minimum atomic E-state index is -0.0658. The lowest BCUT2D eigenvalue weighted by atomic mass is 10.1. The lowest BCUT2D eigenvalue weighted by molar-refractivity contribution is -0.120. The Labute approximate surface area is 111 Å². The van der Waals surface area contributed by atoms with Crippen LogP contribution in [0.5, 0.6) is 0 Å². The summed E-state index contributed by atoms with van der Waals surface area (Å²) < 4.78 is 5.65. The van der Waals surface area contributed by atoms with E-state index in [1.165, 1.54) is 0 Å². The summed E-state index contributed by atoms with van der Waals surface area (Å²) >= 11 is 0. The maximum absolute atomic E-state index is 11.3. The minimum absolute atomic E-state index is 0.0658. The van der Waals surface area contributed by atoms with Crippen molar-refractivity contribution in [2.45, 2.75) is 13.0 Å². The Balaban J connectivity index is 2.11. The highest BCUT2D eigenvalue weighted by atomic mass is 16.3. The fraction of sp³-hybridized carbons (Fsp3) is 0.357. The lowest BCUT2D eigenvalue weighted by Crippen LogP contribution is -2.19. The molecule has 0 saturated heterocycles. The van der Waals surface area contributed by atoms with Gasteiger partial charge in [-0.3, -0.25) is 4.79 Å². The molecule has 0 unspecified atom stereocenters. The van der Waals surface area contributed by atoms with Crippen molar-refractivity contribution in [1.82, 2.24) is 10.6 Å². The summed E-state index contributed by atoms with van der Waals surface area (Å²) in [6.07, 6.45) is 0.253. The number of amides is 1. The van der Waals surface area contributed by atoms with Gasteiger partial charge in [-0.15, -0.1) is 0 Å². The zero-order chi connectivity index (χ0) is 13.7. The highest BCUT2D eigenvalue weighted by Gasteiger charge is 2.08. The lowest BCUT2D eigenvalue weighted by Gasteiger charge is -2.02. The second kappa shape index (κ2) is 6.36. The standard InChI is InChI=1S/C14H18N2O3/c1-15-14(18)8-12-7-11-3-2-10(6-13(11)19-12)9-16-4-5-17/h2-3,6-7,16-17H,4-5,8-9H2,1H3,(H,15,18). The van der Waals surface area contributed by atoms with E-state index in [1.807, 2.05) is 24.3 Å². The molecule has 102 valence electrons. The minimum Gasteiger partial charge on any atom is -0.461 e. The first-order valence-corrected chi connectivity index (χ1v) is 6.26. The van der Waals surface area contributed by atoms with Crippen LogP contribution in [0.25, 0.3) is 11.0 Å². The number of carbonyl (C=O) groups excluding carboxylic acids is 1. The van der Waals surface area contributed by atoms with E-state index >= 15 is 0 Å². The molecule has 3 N–H and O–H groups in total. The van der Waals surface area contributed by atoms with Gasteiger partial charge in [0.2, 0.25) is 5.91 Å². The van der Waals surface area contributed by atoms with Crippen LogP contribution in [0.15, 0.2) is 28.7 Å². The molecule has 19 heavy (non-hydrogen) atoms. The summed E-state index contributed by atoms with van der Waals surface area (Å²) in [4.78, 5) is 11.3. The Bertz CT molecular complexity index is 563. The van der Waals surface area contributed by atoms with Crippen molar-refractivity contribution >= 4 is 16.9 Å². The van der Waals surface area contributed by atoms with Crippen molar-refractivity contribution in [3.8, 4) is 0 Å². The number of likely N-dealkylation sites (N-methyl/N-ethyl adjacent to an activating group) is 1. The molecule has 5 nitrogen and oxygen atoms in total. The predicted molar refractivity (Wildman–Crippen MR) is 72.8 cm³/mol. The molecule has 1 aromatic carbocycles. The molecule has 2 aromatic rings. The molecule has 2 rings (SSSR count). The zero-order valence-corrected chi connectivity index (χ0v) is 10.9. The number of furan rings is 1. The monoisotopic (exact) mass is 262 g/mol. The molecular formula is C14H18N2O3. The normalized spacial score (nSPS) is 10.8. The smallest absolute Gasteiger partial charge is 0.227 e. The highest BCUT2D eigenvalue weighted by molar-refractivity contribution is 5.82. The van der Waals surface area contributed by atoms with Crippen molar-refractivity contribution in [3.63, 3.8) is 0 Å². The molecule has 5 heteroatoms. The van der Waals surface area contributed by atoms with Crippen LogP contribution in [-0.2, 0) is 17.8 Å². The quantitative estimate of drug-likeness (QED) is 0.673. The first-order valence-electron chi connectivity index (χ1n) is 6.26. The fourth-order valence-electron chi connectivity index (χ4n) is 1.89. The number of aliphatic hydroxyl groups is 1. The molecule has 0 fully saturated rings. The van der Waals surface area contributed by atoms with Gasteiger partial charge in [-0.25, -0.2) is 0 Å². The van der Waals surface area contributed by atoms with Gasteiger partial charge in [-0.1, -0.05) is 12.1 Å². The Kier molecular flexibility index (Phi) is 4.54. The average molecular weight is 262 g/mol. The maximum atomic E-state index is 11.3. The van der Waals surface area contributed by atoms with E-state index in [0.717, 1.165) is 16.5 Å². The number of fused-ring (bicyclic) bond motifs is 1. The van der Waals surface area contributed by atoms with Crippen molar-refractivity contribution in [3.05, 3.63) is 35.6 Å². The SMILES string of the molecule is CNC(=O)Cc1cc2ccc(CNCCO)cc2o1. The first kappa shape index (κ1) is 13.6. The molecule has 0 radical (unpaired) electrons. The van der Waals surface area contributed by atoms with Crippen LogP contribution in [0.3, 0.4) is 0 Å². The third-order valence-electron chi connectivity index (χ3n) is 2.87. The van der Waals surface area contributed by atoms with Gasteiger partial charge in [-0.05, 0) is 17.7 Å².